The van der Waals surface area contributed by atoms with Crippen molar-refractivity contribution in [3.05, 3.63) is 27.1 Å². The fraction of sp³-hybridized carbons (Fsp3) is 0.500. The van der Waals surface area contributed by atoms with E-state index in [0.29, 0.717) is 19.4 Å². The molecule has 0 aromatic carbocycles. The summed E-state index contributed by atoms with van der Waals surface area (Å²) in [5, 5.41) is 19.3. The Bertz CT molecular complexity index is 673. The molecular weight excluding hydrogens is 338 g/mol. The van der Waals surface area contributed by atoms with Gasteiger partial charge in [-0.25, -0.2) is 0 Å². The van der Waals surface area contributed by atoms with Crippen LogP contribution in [0.5, 0.6) is 0 Å². The number of carbonyl (C=O) groups is 3. The molecule has 0 spiro atoms. The number of thiophene rings is 1. The largest absolute Gasteiger partial charge is 0.481 e. The van der Waals surface area contributed by atoms with Crippen LogP contribution in [0.4, 0.5) is 5.00 Å². The van der Waals surface area contributed by atoms with Gasteiger partial charge in [-0.15, -0.1) is 0 Å². The number of rotatable bonds is 6. The Labute approximate surface area is 141 Å². The molecule has 0 aliphatic carbocycles. The molecule has 2 heterocycles. The van der Waals surface area contributed by atoms with E-state index in [9.17, 15) is 24.5 Å². The number of carbonyl (C=O) groups excluding carboxylic acids is 2. The molecule has 1 aromatic rings. The number of likely N-dealkylation sites (tertiary alicyclic amines) is 1. The van der Waals surface area contributed by atoms with Gasteiger partial charge in [0, 0.05) is 26.2 Å². The lowest BCUT2D eigenvalue weighted by molar-refractivity contribution is -0.380. The number of carboxylic acid groups (broad SMARTS) is 1. The molecule has 0 radical (unpaired) electrons. The third-order valence-electron chi connectivity index (χ3n) is 3.82. The summed E-state index contributed by atoms with van der Waals surface area (Å²) in [5.74, 6) is -1.72. The monoisotopic (exact) mass is 355 g/mol. The number of nitrogens with zero attached hydrogens (tertiary/aromatic N) is 3. The average molecular weight is 355 g/mol. The molecule has 1 saturated heterocycles. The van der Waals surface area contributed by atoms with Crippen LogP contribution in [-0.2, 0) is 9.59 Å². The van der Waals surface area contributed by atoms with Crippen molar-refractivity contribution in [2.75, 3.05) is 20.1 Å². The summed E-state index contributed by atoms with van der Waals surface area (Å²) >= 11 is 0.779. The van der Waals surface area contributed by atoms with Crippen LogP contribution in [0.15, 0.2) is 12.1 Å². The molecular formula is C14H17N3O6S. The van der Waals surface area contributed by atoms with E-state index in [1.54, 1.807) is 0 Å². The second-order valence-corrected chi connectivity index (χ2v) is 6.52. The van der Waals surface area contributed by atoms with Crippen molar-refractivity contribution in [3.8, 4) is 0 Å². The molecule has 1 N–H and O–H groups in total. The van der Waals surface area contributed by atoms with E-state index in [1.807, 2.05) is 0 Å². The normalized spacial score (nSPS) is 16.9. The van der Waals surface area contributed by atoms with Crippen LogP contribution < -0.4 is 0 Å². The van der Waals surface area contributed by atoms with Crippen LogP contribution in [0.25, 0.3) is 0 Å². The number of hydrogen-bond donors (Lipinski definition) is 1. The van der Waals surface area contributed by atoms with Gasteiger partial charge in [-0.1, -0.05) is 11.3 Å². The minimum Gasteiger partial charge on any atom is -0.481 e. The van der Waals surface area contributed by atoms with Gasteiger partial charge in [-0.05, 0) is 18.9 Å². The van der Waals surface area contributed by atoms with Gasteiger partial charge in [0.25, 0.3) is 5.91 Å². The minimum absolute atomic E-state index is 0.0666. The standard InChI is InChI=1S/C14H17N3O6S/c1-15(8-6-12(18)19)13(20)9-3-2-7-16(9)14(21)10-4-5-11(24-10)17(22)23/h4-5,9H,2-3,6-8H2,1H3,(H,18,19). The number of nitro groups is 1. The summed E-state index contributed by atoms with van der Waals surface area (Å²) in [4.78, 5) is 48.7. The third-order valence-corrected chi connectivity index (χ3v) is 4.84. The molecule has 1 unspecified atom stereocenters. The van der Waals surface area contributed by atoms with Gasteiger partial charge in [0.05, 0.1) is 16.2 Å². The number of likely N-dealkylation sites (N-methyl/N-ethyl adjacent to an activating group) is 1. The summed E-state index contributed by atoms with van der Waals surface area (Å²) in [7, 11) is 1.50. The van der Waals surface area contributed by atoms with Gasteiger partial charge < -0.3 is 14.9 Å². The van der Waals surface area contributed by atoms with E-state index in [2.05, 4.69) is 0 Å². The Morgan fingerprint density at radius 1 is 1.46 bits per heavy atom. The van der Waals surface area contributed by atoms with E-state index in [4.69, 9.17) is 5.11 Å². The molecule has 1 atom stereocenters. The molecule has 2 rings (SSSR count). The fourth-order valence-electron chi connectivity index (χ4n) is 2.58. The van der Waals surface area contributed by atoms with Crippen LogP contribution in [0.1, 0.15) is 28.9 Å². The fourth-order valence-corrected chi connectivity index (χ4v) is 3.35. The molecule has 1 aliphatic rings. The highest BCUT2D eigenvalue weighted by atomic mass is 32.1. The lowest BCUT2D eigenvalue weighted by Gasteiger charge is -2.27. The van der Waals surface area contributed by atoms with Gasteiger partial charge in [0.1, 0.15) is 6.04 Å². The number of hydrogen-bond acceptors (Lipinski definition) is 6. The Kier molecular flexibility index (Phi) is 5.50. The van der Waals surface area contributed by atoms with Crippen LogP contribution in [0.2, 0.25) is 0 Å². The van der Waals surface area contributed by atoms with Crippen molar-refractivity contribution in [2.45, 2.75) is 25.3 Å². The highest BCUT2D eigenvalue weighted by Gasteiger charge is 2.36. The zero-order chi connectivity index (χ0) is 17.9. The SMILES string of the molecule is CN(CCC(=O)O)C(=O)C1CCCN1C(=O)c1ccc([N+](=O)[O-])s1. The maximum Gasteiger partial charge on any atom is 0.324 e. The van der Waals surface area contributed by atoms with Gasteiger partial charge in [-0.3, -0.25) is 24.5 Å². The van der Waals surface area contributed by atoms with E-state index in [-0.39, 0.29) is 28.8 Å². The summed E-state index contributed by atoms with van der Waals surface area (Å²) in [6.45, 7) is 0.463. The molecule has 130 valence electrons. The zero-order valence-corrected chi connectivity index (χ0v) is 13.8. The highest BCUT2D eigenvalue weighted by Crippen LogP contribution is 2.28. The number of carboxylic acids is 1. The Morgan fingerprint density at radius 2 is 2.17 bits per heavy atom. The Hall–Kier alpha value is -2.49. The lowest BCUT2D eigenvalue weighted by Crippen LogP contribution is -2.46. The second kappa shape index (κ2) is 7.39. The summed E-state index contributed by atoms with van der Waals surface area (Å²) in [5.41, 5.74) is 0. The third kappa shape index (κ3) is 3.88. The predicted octanol–water partition coefficient (Wildman–Crippen LogP) is 1.19. The molecule has 1 aliphatic heterocycles. The van der Waals surface area contributed by atoms with Crippen molar-refractivity contribution in [2.24, 2.45) is 0 Å². The zero-order valence-electron chi connectivity index (χ0n) is 13.0. The average Bonchev–Trinajstić information content (AvgIpc) is 3.19. The quantitative estimate of drug-likeness (QED) is 0.604. The molecule has 2 amide bonds. The molecule has 9 nitrogen and oxygen atoms in total. The molecule has 1 aromatic heterocycles. The van der Waals surface area contributed by atoms with Gasteiger partial charge >= 0.3 is 11.0 Å². The van der Waals surface area contributed by atoms with E-state index in [0.717, 1.165) is 11.3 Å². The first kappa shape index (κ1) is 17.9. The van der Waals surface area contributed by atoms with Gasteiger partial charge in [0.2, 0.25) is 5.91 Å². The summed E-state index contributed by atoms with van der Waals surface area (Å²) in [6, 6.07) is 2.00. The van der Waals surface area contributed by atoms with E-state index in [1.165, 1.54) is 29.0 Å². The van der Waals surface area contributed by atoms with Crippen LogP contribution in [0.3, 0.4) is 0 Å². The van der Waals surface area contributed by atoms with Crippen molar-refractivity contribution >= 4 is 34.1 Å². The number of amides is 2. The maximum atomic E-state index is 12.5. The molecule has 10 heteroatoms. The predicted molar refractivity (Wildman–Crippen MR) is 84.9 cm³/mol. The van der Waals surface area contributed by atoms with Crippen molar-refractivity contribution in [1.29, 1.82) is 0 Å². The minimum atomic E-state index is -1.00. The molecule has 1 fully saturated rings. The Morgan fingerprint density at radius 3 is 2.75 bits per heavy atom. The van der Waals surface area contributed by atoms with E-state index < -0.39 is 22.8 Å². The van der Waals surface area contributed by atoms with Crippen molar-refractivity contribution in [1.82, 2.24) is 9.80 Å². The number of aliphatic carboxylic acids is 1. The summed E-state index contributed by atoms with van der Waals surface area (Å²) < 4.78 is 0. The van der Waals surface area contributed by atoms with Gasteiger partial charge in [-0.2, -0.15) is 0 Å². The van der Waals surface area contributed by atoms with Crippen molar-refractivity contribution < 1.29 is 24.4 Å². The Balaban J connectivity index is 2.08. The van der Waals surface area contributed by atoms with E-state index >= 15 is 0 Å². The van der Waals surface area contributed by atoms with Crippen LogP contribution in [0, 0.1) is 10.1 Å². The molecule has 24 heavy (non-hydrogen) atoms. The van der Waals surface area contributed by atoms with Crippen LogP contribution in [-0.4, -0.2) is 63.8 Å². The first-order valence-corrected chi connectivity index (χ1v) is 8.15. The molecule has 0 bridgehead atoms. The maximum absolute atomic E-state index is 12.5. The lowest BCUT2D eigenvalue weighted by atomic mass is 10.2. The first-order valence-electron chi connectivity index (χ1n) is 7.33. The van der Waals surface area contributed by atoms with Crippen LogP contribution >= 0.6 is 11.3 Å². The second-order valence-electron chi connectivity index (χ2n) is 5.46. The smallest absolute Gasteiger partial charge is 0.324 e. The summed E-state index contributed by atoms with van der Waals surface area (Å²) in [6.07, 6.45) is 0.984. The topological polar surface area (TPSA) is 121 Å². The van der Waals surface area contributed by atoms with Crippen molar-refractivity contribution in [3.63, 3.8) is 0 Å². The molecule has 0 saturated carbocycles. The first-order chi connectivity index (χ1) is 11.3. The highest BCUT2D eigenvalue weighted by molar-refractivity contribution is 7.17. The van der Waals surface area contributed by atoms with Gasteiger partial charge in [0.15, 0.2) is 0 Å².